The van der Waals surface area contributed by atoms with Crippen LogP contribution in [0.4, 0.5) is 0 Å². The van der Waals surface area contributed by atoms with Gasteiger partial charge in [-0.15, -0.1) is 0 Å². The van der Waals surface area contributed by atoms with Crippen LogP contribution in [0.2, 0.25) is 0 Å². The maximum atomic E-state index is 11.3. The van der Waals surface area contributed by atoms with E-state index in [-0.39, 0.29) is 5.54 Å². The van der Waals surface area contributed by atoms with Crippen molar-refractivity contribution < 1.29 is 9.90 Å². The highest BCUT2D eigenvalue weighted by atomic mass is 16.4. The number of aliphatic carboxylic acids is 1. The Kier molecular flexibility index (Phi) is 6.13. The highest BCUT2D eigenvalue weighted by molar-refractivity contribution is 5.78. The summed E-state index contributed by atoms with van der Waals surface area (Å²) in [6.07, 6.45) is 1.66. The van der Waals surface area contributed by atoms with Gasteiger partial charge in [0.1, 0.15) is 5.54 Å². The maximum absolute atomic E-state index is 11.3. The smallest absolute Gasteiger partial charge is 0.323 e. The molecule has 0 saturated carbocycles. The highest BCUT2D eigenvalue weighted by Gasteiger charge is 2.33. The van der Waals surface area contributed by atoms with E-state index in [2.05, 4.69) is 38.0 Å². The fourth-order valence-electron chi connectivity index (χ4n) is 1.62. The van der Waals surface area contributed by atoms with Crippen molar-refractivity contribution in [2.45, 2.75) is 58.5 Å². The minimum atomic E-state index is -0.827. The molecule has 1 unspecified atom stereocenters. The van der Waals surface area contributed by atoms with E-state index in [1.54, 1.807) is 6.92 Å². The van der Waals surface area contributed by atoms with Gasteiger partial charge in [-0.2, -0.15) is 0 Å². The van der Waals surface area contributed by atoms with Crippen LogP contribution in [0.3, 0.4) is 0 Å². The molecular formula is C13H28N2O2. The molecule has 4 nitrogen and oxygen atoms in total. The predicted molar refractivity (Wildman–Crippen MR) is 71.3 cm³/mol. The first-order valence-corrected chi connectivity index (χ1v) is 6.39. The molecule has 1 atom stereocenters. The molecule has 0 radical (unpaired) electrons. The van der Waals surface area contributed by atoms with E-state index in [9.17, 15) is 9.90 Å². The van der Waals surface area contributed by atoms with Gasteiger partial charge in [-0.25, -0.2) is 0 Å². The normalized spacial score (nSPS) is 15.9. The van der Waals surface area contributed by atoms with Crippen molar-refractivity contribution in [3.8, 4) is 0 Å². The van der Waals surface area contributed by atoms with Crippen LogP contribution in [0.15, 0.2) is 0 Å². The zero-order valence-corrected chi connectivity index (χ0v) is 12.1. The molecule has 0 amide bonds. The van der Waals surface area contributed by atoms with E-state index in [4.69, 9.17) is 0 Å². The van der Waals surface area contributed by atoms with Crippen molar-refractivity contribution in [2.24, 2.45) is 0 Å². The Hall–Kier alpha value is -0.610. The summed E-state index contributed by atoms with van der Waals surface area (Å²) in [5, 5.41) is 12.3. The van der Waals surface area contributed by atoms with Gasteiger partial charge in [0, 0.05) is 12.1 Å². The Morgan fingerprint density at radius 2 is 1.82 bits per heavy atom. The van der Waals surface area contributed by atoms with Crippen LogP contribution in [0.25, 0.3) is 0 Å². The van der Waals surface area contributed by atoms with Gasteiger partial charge in [0.2, 0.25) is 0 Å². The van der Waals surface area contributed by atoms with Gasteiger partial charge in [0.05, 0.1) is 0 Å². The SMILES string of the molecule is CCNC(C)(CCN(C)C(C)(C)CC)C(=O)O. The molecule has 17 heavy (non-hydrogen) atoms. The Bertz CT molecular complexity index is 254. The lowest BCUT2D eigenvalue weighted by atomic mass is 9.94. The first-order valence-electron chi connectivity index (χ1n) is 6.39. The highest BCUT2D eigenvalue weighted by Crippen LogP contribution is 2.19. The lowest BCUT2D eigenvalue weighted by Gasteiger charge is -2.37. The number of hydrogen-bond donors (Lipinski definition) is 2. The summed E-state index contributed by atoms with van der Waals surface area (Å²) in [5.41, 5.74) is -0.710. The maximum Gasteiger partial charge on any atom is 0.323 e. The molecule has 0 aromatic carbocycles. The Balaban J connectivity index is 4.47. The lowest BCUT2D eigenvalue weighted by molar-refractivity contribution is -0.144. The third-order valence-electron chi connectivity index (χ3n) is 3.88. The number of rotatable bonds is 8. The van der Waals surface area contributed by atoms with Crippen molar-refractivity contribution in [1.29, 1.82) is 0 Å². The second-order valence-corrected chi connectivity index (χ2v) is 5.51. The summed E-state index contributed by atoms with van der Waals surface area (Å²) in [5.74, 6) is -0.776. The summed E-state index contributed by atoms with van der Waals surface area (Å²) < 4.78 is 0. The quantitative estimate of drug-likeness (QED) is 0.685. The topological polar surface area (TPSA) is 52.6 Å². The largest absolute Gasteiger partial charge is 0.480 e. The van der Waals surface area contributed by atoms with E-state index in [1.165, 1.54) is 0 Å². The van der Waals surface area contributed by atoms with Crippen molar-refractivity contribution in [3.05, 3.63) is 0 Å². The summed E-state index contributed by atoms with van der Waals surface area (Å²) >= 11 is 0. The van der Waals surface area contributed by atoms with Crippen LogP contribution in [0, 0.1) is 0 Å². The van der Waals surface area contributed by atoms with Crippen LogP contribution < -0.4 is 5.32 Å². The number of hydrogen-bond acceptors (Lipinski definition) is 3. The molecule has 0 rings (SSSR count). The van der Waals surface area contributed by atoms with E-state index >= 15 is 0 Å². The Morgan fingerprint density at radius 3 is 2.18 bits per heavy atom. The second-order valence-electron chi connectivity index (χ2n) is 5.51. The van der Waals surface area contributed by atoms with Crippen LogP contribution in [-0.2, 0) is 4.79 Å². The molecular weight excluding hydrogens is 216 g/mol. The summed E-state index contributed by atoms with van der Waals surface area (Å²) in [6.45, 7) is 11.6. The molecule has 0 fully saturated rings. The standard InChI is InChI=1S/C13H28N2O2/c1-7-12(3,4)15(6)10-9-13(5,11(16)17)14-8-2/h14H,7-10H2,1-6H3,(H,16,17). The van der Waals surface area contributed by atoms with Crippen LogP contribution >= 0.6 is 0 Å². The third-order valence-corrected chi connectivity index (χ3v) is 3.88. The number of likely N-dealkylation sites (N-methyl/N-ethyl adjacent to an activating group) is 1. The average molecular weight is 244 g/mol. The molecule has 0 saturated heterocycles. The second kappa shape index (κ2) is 6.36. The Labute approximate surface area is 105 Å². The van der Waals surface area contributed by atoms with Gasteiger partial charge >= 0.3 is 5.97 Å². The van der Waals surface area contributed by atoms with E-state index in [0.717, 1.165) is 13.0 Å². The number of carboxylic acids is 1. The number of carboxylic acid groups (broad SMARTS) is 1. The molecule has 2 N–H and O–H groups in total. The van der Waals surface area contributed by atoms with E-state index < -0.39 is 11.5 Å². The van der Waals surface area contributed by atoms with Gasteiger partial charge in [-0.3, -0.25) is 4.79 Å². The molecule has 4 heteroatoms. The summed E-state index contributed by atoms with van der Waals surface area (Å²) in [7, 11) is 2.05. The fourth-order valence-corrected chi connectivity index (χ4v) is 1.62. The van der Waals surface area contributed by atoms with Gasteiger partial charge < -0.3 is 15.3 Å². The van der Waals surface area contributed by atoms with Gasteiger partial charge in [0.15, 0.2) is 0 Å². The molecule has 0 aliphatic carbocycles. The Morgan fingerprint density at radius 1 is 1.29 bits per heavy atom. The first kappa shape index (κ1) is 16.4. The minimum absolute atomic E-state index is 0.117. The lowest BCUT2D eigenvalue weighted by Crippen LogP contribution is -2.52. The third kappa shape index (κ3) is 4.64. The van der Waals surface area contributed by atoms with Crippen molar-refractivity contribution in [2.75, 3.05) is 20.1 Å². The fraction of sp³-hybridized carbons (Fsp3) is 0.923. The summed E-state index contributed by atoms with van der Waals surface area (Å²) in [4.78, 5) is 13.5. The summed E-state index contributed by atoms with van der Waals surface area (Å²) in [6, 6.07) is 0. The minimum Gasteiger partial charge on any atom is -0.480 e. The zero-order valence-electron chi connectivity index (χ0n) is 12.1. The zero-order chi connectivity index (χ0) is 13.7. The van der Waals surface area contributed by atoms with Gasteiger partial charge in [0.25, 0.3) is 0 Å². The van der Waals surface area contributed by atoms with Crippen molar-refractivity contribution >= 4 is 5.97 Å². The molecule has 0 aromatic rings. The number of nitrogens with one attached hydrogen (secondary N) is 1. The van der Waals surface area contributed by atoms with E-state index in [1.807, 2.05) is 6.92 Å². The van der Waals surface area contributed by atoms with E-state index in [0.29, 0.717) is 13.0 Å². The number of nitrogens with zero attached hydrogens (tertiary/aromatic N) is 1. The van der Waals surface area contributed by atoms with Crippen LogP contribution in [0.1, 0.15) is 47.5 Å². The molecule has 0 heterocycles. The monoisotopic (exact) mass is 244 g/mol. The molecule has 0 aliphatic heterocycles. The van der Waals surface area contributed by atoms with Crippen LogP contribution in [0.5, 0.6) is 0 Å². The first-order chi connectivity index (χ1) is 7.69. The predicted octanol–water partition coefficient (Wildman–Crippen LogP) is 1.95. The van der Waals surface area contributed by atoms with Crippen LogP contribution in [-0.4, -0.2) is 47.2 Å². The van der Waals surface area contributed by atoms with Crippen molar-refractivity contribution in [1.82, 2.24) is 10.2 Å². The molecule has 0 bridgehead atoms. The molecule has 102 valence electrons. The number of carbonyl (C=O) groups is 1. The average Bonchev–Trinajstić information content (AvgIpc) is 2.26. The molecule has 0 spiro atoms. The van der Waals surface area contributed by atoms with Gasteiger partial charge in [-0.05, 0) is 47.2 Å². The molecule has 0 aromatic heterocycles. The van der Waals surface area contributed by atoms with Crippen molar-refractivity contribution in [3.63, 3.8) is 0 Å². The van der Waals surface area contributed by atoms with Gasteiger partial charge in [-0.1, -0.05) is 13.8 Å². The molecule has 0 aliphatic rings.